The summed E-state index contributed by atoms with van der Waals surface area (Å²) in [6, 6.07) is 4.60. The van der Waals surface area contributed by atoms with Crippen LogP contribution < -0.4 is 17.0 Å². The van der Waals surface area contributed by atoms with Gasteiger partial charge in [0.25, 0.3) is 5.56 Å². The smallest absolute Gasteiger partial charge is 0.338 e. The van der Waals surface area contributed by atoms with Gasteiger partial charge in [-0.3, -0.25) is 28.7 Å². The van der Waals surface area contributed by atoms with Crippen LogP contribution in [0.1, 0.15) is 34.6 Å². The molecule has 0 radical (unpaired) electrons. The van der Waals surface area contributed by atoms with Crippen LogP contribution in [0.5, 0.6) is 0 Å². The second-order valence-electron chi connectivity index (χ2n) is 7.17. The number of carbonyl (C=O) groups excluding carboxylic acids is 2. The molecule has 2 heterocycles. The average molecular weight is 411 g/mol. The Morgan fingerprint density at radius 3 is 2.47 bits per heavy atom. The topological polar surface area (TPSA) is 139 Å². The first-order chi connectivity index (χ1) is 14.2. The second-order valence-corrected chi connectivity index (χ2v) is 7.17. The molecule has 1 aromatic carbocycles. The van der Waals surface area contributed by atoms with Gasteiger partial charge in [-0.1, -0.05) is 13.8 Å². The molecule has 0 aliphatic rings. The maximum Gasteiger partial charge on any atom is 0.338 e. The molecule has 10 nitrogen and oxygen atoms in total. The minimum atomic E-state index is -0.834. The summed E-state index contributed by atoms with van der Waals surface area (Å²) >= 11 is 0. The summed E-state index contributed by atoms with van der Waals surface area (Å²) in [7, 11) is 1.26. The van der Waals surface area contributed by atoms with Crippen molar-refractivity contribution in [2.45, 2.75) is 20.4 Å². The molecule has 0 fully saturated rings. The van der Waals surface area contributed by atoms with E-state index in [1.807, 2.05) is 13.8 Å². The summed E-state index contributed by atoms with van der Waals surface area (Å²) in [5, 5.41) is 0. The van der Waals surface area contributed by atoms with Gasteiger partial charge in [0.1, 0.15) is 11.4 Å². The van der Waals surface area contributed by atoms with Gasteiger partial charge in [0, 0.05) is 26.0 Å². The summed E-state index contributed by atoms with van der Waals surface area (Å²) in [6.07, 6.45) is 3.02. The fourth-order valence-electron chi connectivity index (χ4n) is 2.96. The van der Waals surface area contributed by atoms with Crippen LogP contribution in [0.2, 0.25) is 0 Å². The lowest BCUT2D eigenvalue weighted by Gasteiger charge is -2.16. The molecule has 3 rings (SSSR count). The number of hydrogen-bond acceptors (Lipinski definition) is 8. The molecule has 2 N–H and O–H groups in total. The third-order valence-electron chi connectivity index (χ3n) is 4.45. The van der Waals surface area contributed by atoms with Crippen molar-refractivity contribution in [1.82, 2.24) is 19.1 Å². The number of fused-ring (bicyclic) bond motifs is 1. The highest BCUT2D eigenvalue weighted by Gasteiger charge is 2.23. The Bertz CT molecular complexity index is 1260. The number of nitrogens with two attached hydrogens (primary N) is 1. The van der Waals surface area contributed by atoms with Gasteiger partial charge < -0.3 is 10.5 Å². The molecule has 0 unspecified atom stereocenters. The largest absolute Gasteiger partial charge is 0.454 e. The molecule has 0 aliphatic heterocycles. The molecule has 3 aromatic rings. The molecular weight excluding hydrogens is 390 g/mol. The predicted molar refractivity (Wildman–Crippen MR) is 109 cm³/mol. The van der Waals surface area contributed by atoms with E-state index in [4.69, 9.17) is 10.5 Å². The number of rotatable bonds is 6. The molecule has 156 valence electrons. The Morgan fingerprint density at radius 2 is 1.80 bits per heavy atom. The number of ketones is 1. The first-order valence-corrected chi connectivity index (χ1v) is 9.21. The van der Waals surface area contributed by atoms with E-state index >= 15 is 0 Å². The number of ether oxygens (including phenoxy) is 1. The number of anilines is 1. The Balaban J connectivity index is 1.85. The normalized spacial score (nSPS) is 11.1. The average Bonchev–Trinajstić information content (AvgIpc) is 2.73. The number of hydrogen-bond donors (Lipinski definition) is 1. The Labute approximate surface area is 170 Å². The Kier molecular flexibility index (Phi) is 5.77. The summed E-state index contributed by atoms with van der Waals surface area (Å²) in [4.78, 5) is 57.9. The van der Waals surface area contributed by atoms with Gasteiger partial charge in [-0.25, -0.2) is 9.59 Å². The van der Waals surface area contributed by atoms with Crippen LogP contribution in [0, 0.1) is 5.92 Å². The fourth-order valence-corrected chi connectivity index (χ4v) is 2.96. The van der Waals surface area contributed by atoms with Crippen molar-refractivity contribution >= 4 is 28.6 Å². The maximum absolute atomic E-state index is 12.6. The highest BCUT2D eigenvalue weighted by molar-refractivity contribution is 6.02. The van der Waals surface area contributed by atoms with Gasteiger partial charge >= 0.3 is 11.7 Å². The summed E-state index contributed by atoms with van der Waals surface area (Å²) in [5.74, 6) is -1.74. The van der Waals surface area contributed by atoms with E-state index in [2.05, 4.69) is 9.97 Å². The number of benzene rings is 1. The van der Waals surface area contributed by atoms with Gasteiger partial charge in [0.15, 0.2) is 6.61 Å². The molecule has 0 atom stereocenters. The molecule has 0 saturated heterocycles. The highest BCUT2D eigenvalue weighted by atomic mass is 16.5. The van der Waals surface area contributed by atoms with E-state index in [1.165, 1.54) is 36.1 Å². The summed E-state index contributed by atoms with van der Waals surface area (Å²) in [5.41, 5.74) is 5.41. The van der Waals surface area contributed by atoms with Crippen LogP contribution >= 0.6 is 0 Å². The van der Waals surface area contributed by atoms with Crippen molar-refractivity contribution in [3.8, 4) is 0 Å². The number of Topliss-reactive ketones (excluding diaryl/α,β-unsaturated/α-hetero) is 1. The number of nitrogen functional groups attached to an aromatic ring is 1. The monoisotopic (exact) mass is 411 g/mol. The van der Waals surface area contributed by atoms with Gasteiger partial charge in [-0.15, -0.1) is 0 Å². The van der Waals surface area contributed by atoms with Crippen molar-refractivity contribution in [2.75, 3.05) is 12.3 Å². The molecule has 0 aliphatic carbocycles. The van der Waals surface area contributed by atoms with Crippen molar-refractivity contribution < 1.29 is 14.3 Å². The quantitative estimate of drug-likeness (QED) is 0.463. The van der Waals surface area contributed by atoms with E-state index in [9.17, 15) is 19.2 Å². The molecule has 0 amide bonds. The summed E-state index contributed by atoms with van der Waals surface area (Å²) in [6.45, 7) is 3.27. The Hall–Kier alpha value is -3.82. The van der Waals surface area contributed by atoms with Gasteiger partial charge in [0.2, 0.25) is 5.78 Å². The first kappa shape index (κ1) is 20.9. The van der Waals surface area contributed by atoms with Crippen LogP contribution in [0.15, 0.2) is 40.2 Å². The van der Waals surface area contributed by atoms with E-state index in [0.29, 0.717) is 11.0 Å². The minimum Gasteiger partial charge on any atom is -0.454 e. The van der Waals surface area contributed by atoms with Crippen molar-refractivity contribution in [3.63, 3.8) is 0 Å². The lowest BCUT2D eigenvalue weighted by Crippen LogP contribution is -2.43. The van der Waals surface area contributed by atoms with Crippen molar-refractivity contribution in [1.29, 1.82) is 0 Å². The molecule has 0 bridgehead atoms. The zero-order valence-corrected chi connectivity index (χ0v) is 16.8. The lowest BCUT2D eigenvalue weighted by atomic mass is 10.1. The standard InChI is InChI=1S/C20H21N5O5/c1-11(2)9-25-17(21)16(18(27)24(3)20(25)29)15(26)10-30-19(28)12-4-5-13-14(8-12)23-7-6-22-13/h4-8,11H,9-10,21H2,1-3H3. The molecule has 10 heteroatoms. The van der Waals surface area contributed by atoms with Crippen LogP contribution in [-0.4, -0.2) is 37.5 Å². The van der Waals surface area contributed by atoms with Crippen LogP contribution in [0.3, 0.4) is 0 Å². The molecule has 2 aromatic heterocycles. The van der Waals surface area contributed by atoms with Crippen LogP contribution in [-0.2, 0) is 18.3 Å². The highest BCUT2D eigenvalue weighted by Crippen LogP contribution is 2.13. The van der Waals surface area contributed by atoms with Crippen LogP contribution in [0.25, 0.3) is 11.0 Å². The van der Waals surface area contributed by atoms with E-state index in [0.717, 1.165) is 4.57 Å². The predicted octanol–water partition coefficient (Wildman–Crippen LogP) is 0.768. The zero-order valence-electron chi connectivity index (χ0n) is 16.8. The second kappa shape index (κ2) is 8.27. The van der Waals surface area contributed by atoms with E-state index in [1.54, 1.807) is 6.07 Å². The third kappa shape index (κ3) is 3.97. The van der Waals surface area contributed by atoms with Crippen molar-refractivity contribution in [2.24, 2.45) is 13.0 Å². The number of nitrogens with zero attached hydrogens (tertiary/aromatic N) is 4. The van der Waals surface area contributed by atoms with Gasteiger partial charge in [-0.2, -0.15) is 0 Å². The van der Waals surface area contributed by atoms with E-state index in [-0.39, 0.29) is 29.4 Å². The number of carbonyl (C=O) groups is 2. The van der Waals surface area contributed by atoms with E-state index < -0.39 is 29.6 Å². The summed E-state index contributed by atoms with van der Waals surface area (Å²) < 4.78 is 7.05. The Morgan fingerprint density at radius 1 is 1.13 bits per heavy atom. The zero-order chi connectivity index (χ0) is 22.0. The number of esters is 1. The fraction of sp³-hybridized carbons (Fsp3) is 0.300. The SMILES string of the molecule is CC(C)Cn1c(N)c(C(=O)COC(=O)c2ccc3nccnc3c2)c(=O)n(C)c1=O. The molecular formula is C20H21N5O5. The first-order valence-electron chi connectivity index (χ1n) is 9.21. The lowest BCUT2D eigenvalue weighted by molar-refractivity contribution is 0.0474. The van der Waals surface area contributed by atoms with Gasteiger partial charge in [0.05, 0.1) is 16.6 Å². The maximum atomic E-state index is 12.6. The molecule has 0 saturated carbocycles. The number of aromatic nitrogens is 4. The molecule has 0 spiro atoms. The molecule has 30 heavy (non-hydrogen) atoms. The minimum absolute atomic E-state index is 0.0549. The van der Waals surface area contributed by atoms with Gasteiger partial charge in [-0.05, 0) is 24.1 Å². The van der Waals surface area contributed by atoms with Crippen LogP contribution in [0.4, 0.5) is 5.82 Å². The third-order valence-corrected chi connectivity index (χ3v) is 4.45. The van der Waals surface area contributed by atoms with Crippen molar-refractivity contribution in [3.05, 3.63) is 62.6 Å².